The lowest BCUT2D eigenvalue weighted by molar-refractivity contribution is -0.181. The Morgan fingerprint density at radius 3 is 2.48 bits per heavy atom. The molecule has 0 unspecified atom stereocenters. The predicted molar refractivity (Wildman–Crippen MR) is 97.5 cm³/mol. The van der Waals surface area contributed by atoms with Crippen molar-refractivity contribution in [3.05, 3.63) is 17.2 Å². The number of hydrogen-bond donors (Lipinski definition) is 1. The third kappa shape index (κ3) is 3.48. The maximum Gasteiger partial charge on any atom is 0.287 e. The second kappa shape index (κ2) is 7.24. The molecule has 27 heavy (non-hydrogen) atoms. The Labute approximate surface area is 159 Å². The Bertz CT molecular complexity index is 726. The molecule has 1 aromatic heterocycles. The topological polar surface area (TPSA) is 85.7 Å². The number of ether oxygens (including phenoxy) is 2. The third-order valence-corrected chi connectivity index (χ3v) is 5.57. The average molecular weight is 376 g/mol. The van der Waals surface area contributed by atoms with Crippen molar-refractivity contribution < 1.29 is 19.1 Å². The number of rotatable bonds is 3. The minimum Gasteiger partial charge on any atom is -0.347 e. The highest BCUT2D eigenvalue weighted by molar-refractivity contribution is 5.97. The Morgan fingerprint density at radius 1 is 1.11 bits per heavy atom. The van der Waals surface area contributed by atoms with Gasteiger partial charge in [0.25, 0.3) is 11.8 Å². The van der Waals surface area contributed by atoms with E-state index >= 15 is 0 Å². The van der Waals surface area contributed by atoms with Crippen LogP contribution in [-0.4, -0.2) is 64.4 Å². The molecule has 4 rings (SSSR count). The first-order valence-electron chi connectivity index (χ1n) is 9.96. The number of hydrogen-bond acceptors (Lipinski definition) is 5. The molecule has 3 aliphatic rings. The van der Waals surface area contributed by atoms with Gasteiger partial charge < -0.3 is 24.3 Å². The monoisotopic (exact) mass is 376 g/mol. The Balaban J connectivity index is 1.55. The van der Waals surface area contributed by atoms with E-state index in [4.69, 9.17) is 9.47 Å². The van der Waals surface area contributed by atoms with Crippen molar-refractivity contribution in [1.29, 1.82) is 0 Å². The van der Waals surface area contributed by atoms with E-state index in [0.29, 0.717) is 50.7 Å². The number of carbonyl (C=O) groups is 2. The highest BCUT2D eigenvalue weighted by Crippen LogP contribution is 2.32. The molecule has 0 aromatic carbocycles. The molecule has 1 N–H and O–H groups in total. The number of amides is 2. The zero-order chi connectivity index (χ0) is 19.0. The minimum atomic E-state index is -0.507. The van der Waals surface area contributed by atoms with Crippen molar-refractivity contribution in [3.8, 4) is 0 Å². The molecule has 8 heteroatoms. The van der Waals surface area contributed by atoms with Crippen LogP contribution in [0.4, 0.5) is 0 Å². The van der Waals surface area contributed by atoms with E-state index in [1.165, 1.54) is 0 Å². The summed E-state index contributed by atoms with van der Waals surface area (Å²) in [5, 5.41) is 2.89. The molecule has 148 valence electrons. The van der Waals surface area contributed by atoms with E-state index in [-0.39, 0.29) is 17.9 Å². The van der Waals surface area contributed by atoms with Gasteiger partial charge in [-0.1, -0.05) is 0 Å². The van der Waals surface area contributed by atoms with Gasteiger partial charge in [0, 0.05) is 38.5 Å². The predicted octanol–water partition coefficient (Wildman–Crippen LogP) is 1.34. The van der Waals surface area contributed by atoms with Crippen molar-refractivity contribution >= 4 is 11.8 Å². The highest BCUT2D eigenvalue weighted by Gasteiger charge is 2.41. The van der Waals surface area contributed by atoms with E-state index in [1.54, 1.807) is 0 Å². The van der Waals surface area contributed by atoms with Crippen molar-refractivity contribution in [1.82, 2.24) is 19.8 Å². The highest BCUT2D eigenvalue weighted by atomic mass is 16.7. The van der Waals surface area contributed by atoms with Crippen LogP contribution in [-0.2, 0) is 22.4 Å². The summed E-state index contributed by atoms with van der Waals surface area (Å²) < 4.78 is 13.4. The van der Waals surface area contributed by atoms with Crippen molar-refractivity contribution in [2.45, 2.75) is 64.3 Å². The van der Waals surface area contributed by atoms with Gasteiger partial charge in [0.05, 0.1) is 18.9 Å². The zero-order valence-electron chi connectivity index (χ0n) is 16.1. The summed E-state index contributed by atoms with van der Waals surface area (Å²) in [6.07, 6.45) is 4.15. The van der Waals surface area contributed by atoms with Gasteiger partial charge in [0.2, 0.25) is 0 Å². The summed E-state index contributed by atoms with van der Waals surface area (Å²) in [6.45, 7) is 6.98. The molecule has 2 fully saturated rings. The lowest BCUT2D eigenvalue weighted by Crippen LogP contribution is -2.47. The fourth-order valence-electron chi connectivity index (χ4n) is 4.20. The van der Waals surface area contributed by atoms with Crippen LogP contribution in [0.1, 0.15) is 66.3 Å². The third-order valence-electron chi connectivity index (χ3n) is 5.57. The molecule has 4 heterocycles. The number of likely N-dealkylation sites (tertiary alicyclic amines) is 1. The number of fused-ring (bicyclic) bond motifs is 1. The van der Waals surface area contributed by atoms with Crippen LogP contribution >= 0.6 is 0 Å². The summed E-state index contributed by atoms with van der Waals surface area (Å²) in [5.41, 5.74) is 1.33. The molecule has 0 bridgehead atoms. The van der Waals surface area contributed by atoms with Gasteiger partial charge in [0.1, 0.15) is 5.69 Å². The van der Waals surface area contributed by atoms with Gasteiger partial charge in [-0.3, -0.25) is 9.59 Å². The van der Waals surface area contributed by atoms with Gasteiger partial charge >= 0.3 is 0 Å². The Morgan fingerprint density at radius 2 is 1.81 bits per heavy atom. The first-order chi connectivity index (χ1) is 13.0. The van der Waals surface area contributed by atoms with E-state index in [9.17, 15) is 9.59 Å². The van der Waals surface area contributed by atoms with Crippen molar-refractivity contribution in [2.75, 3.05) is 26.3 Å². The van der Waals surface area contributed by atoms with Gasteiger partial charge in [-0.15, -0.1) is 0 Å². The van der Waals surface area contributed by atoms with E-state index in [0.717, 1.165) is 31.5 Å². The van der Waals surface area contributed by atoms with E-state index < -0.39 is 5.79 Å². The minimum absolute atomic E-state index is 0.0258. The fourth-order valence-corrected chi connectivity index (χ4v) is 4.20. The molecular weight excluding hydrogens is 348 g/mol. The fraction of sp³-hybridized carbons (Fsp3) is 0.737. The molecule has 0 aliphatic carbocycles. The van der Waals surface area contributed by atoms with E-state index in [2.05, 4.69) is 10.3 Å². The van der Waals surface area contributed by atoms with Crippen LogP contribution < -0.4 is 5.32 Å². The van der Waals surface area contributed by atoms with Crippen LogP contribution in [0.3, 0.4) is 0 Å². The summed E-state index contributed by atoms with van der Waals surface area (Å²) in [5.74, 6) is -0.445. The molecule has 0 saturated carbocycles. The summed E-state index contributed by atoms with van der Waals surface area (Å²) >= 11 is 0. The normalized spacial score (nSPS) is 21.5. The maximum atomic E-state index is 13.2. The maximum absolute atomic E-state index is 13.2. The molecule has 0 atom stereocenters. The van der Waals surface area contributed by atoms with Crippen molar-refractivity contribution in [2.24, 2.45) is 0 Å². The first-order valence-corrected chi connectivity index (χ1v) is 9.96. The van der Waals surface area contributed by atoms with Gasteiger partial charge in [-0.05, 0) is 33.1 Å². The quantitative estimate of drug-likeness (QED) is 0.860. The first kappa shape index (κ1) is 18.4. The number of piperidine rings is 1. The number of imidazole rings is 1. The lowest BCUT2D eigenvalue weighted by atomic mass is 10.0. The average Bonchev–Trinajstić information content (AvgIpc) is 3.26. The van der Waals surface area contributed by atoms with Crippen LogP contribution in [0, 0.1) is 0 Å². The summed E-state index contributed by atoms with van der Waals surface area (Å²) in [4.78, 5) is 32.1. The standard InChI is InChI=1S/C19H28N4O4/c1-13(2)20-17(24)16-21-15(14-5-3-4-8-23(14)16)18(25)22-9-6-19(7-10-22)26-11-12-27-19/h13H,3-12H2,1-2H3,(H,20,24). The molecular formula is C19H28N4O4. The largest absolute Gasteiger partial charge is 0.347 e. The molecule has 2 amide bonds. The number of aromatic nitrogens is 2. The van der Waals surface area contributed by atoms with Crippen LogP contribution in [0.25, 0.3) is 0 Å². The number of nitrogens with one attached hydrogen (secondary N) is 1. The van der Waals surface area contributed by atoms with Crippen LogP contribution in [0.2, 0.25) is 0 Å². The SMILES string of the molecule is CC(C)NC(=O)c1nc(C(=O)N2CCC3(CC2)OCCO3)c2n1CCCC2. The smallest absolute Gasteiger partial charge is 0.287 e. The molecule has 2 saturated heterocycles. The number of carbonyl (C=O) groups excluding carboxylic acids is 2. The molecule has 3 aliphatic heterocycles. The van der Waals surface area contributed by atoms with Gasteiger partial charge in [-0.2, -0.15) is 0 Å². The van der Waals surface area contributed by atoms with Crippen molar-refractivity contribution in [3.63, 3.8) is 0 Å². The lowest BCUT2D eigenvalue weighted by Gasteiger charge is -2.37. The summed E-state index contributed by atoms with van der Waals surface area (Å²) in [6, 6.07) is 0.0258. The Hall–Kier alpha value is -1.93. The molecule has 1 spiro atoms. The Kier molecular flexibility index (Phi) is 4.94. The molecule has 0 radical (unpaired) electrons. The zero-order valence-corrected chi connectivity index (χ0v) is 16.1. The van der Waals surface area contributed by atoms with E-state index in [1.807, 2.05) is 23.3 Å². The molecule has 8 nitrogen and oxygen atoms in total. The van der Waals surface area contributed by atoms with Crippen LogP contribution in [0.15, 0.2) is 0 Å². The number of nitrogens with zero attached hydrogens (tertiary/aromatic N) is 3. The summed E-state index contributed by atoms with van der Waals surface area (Å²) in [7, 11) is 0. The van der Waals surface area contributed by atoms with Crippen LogP contribution in [0.5, 0.6) is 0 Å². The second-order valence-corrected chi connectivity index (χ2v) is 7.87. The second-order valence-electron chi connectivity index (χ2n) is 7.87. The van der Waals surface area contributed by atoms with Gasteiger partial charge in [-0.25, -0.2) is 4.98 Å². The molecule has 1 aromatic rings. The van der Waals surface area contributed by atoms with Gasteiger partial charge in [0.15, 0.2) is 11.6 Å².